The van der Waals surface area contributed by atoms with Crippen LogP contribution >= 0.6 is 0 Å². The van der Waals surface area contributed by atoms with Gasteiger partial charge in [-0.25, -0.2) is 26.7 Å². The highest BCUT2D eigenvalue weighted by Gasteiger charge is 2.55. The van der Waals surface area contributed by atoms with Gasteiger partial charge in [-0.05, 0) is 30.0 Å². The Hall–Kier alpha value is -1.54. The fourth-order valence-electron chi connectivity index (χ4n) is 2.41. The number of nitrogens with one attached hydrogen (secondary N) is 1. The third-order valence-corrected chi connectivity index (χ3v) is 5.43. The molecule has 8 heteroatoms. The minimum atomic E-state index is -3.96. The van der Waals surface area contributed by atoms with Gasteiger partial charge in [-0.1, -0.05) is 19.9 Å². The van der Waals surface area contributed by atoms with Gasteiger partial charge >= 0.3 is 5.97 Å². The Morgan fingerprint density at radius 3 is 2.52 bits per heavy atom. The van der Waals surface area contributed by atoms with Crippen LogP contribution in [0.25, 0.3) is 0 Å². The molecule has 5 nitrogen and oxygen atoms in total. The Kier molecular flexibility index (Phi) is 4.77. The van der Waals surface area contributed by atoms with Gasteiger partial charge in [-0.3, -0.25) is 0 Å². The van der Waals surface area contributed by atoms with Crippen LogP contribution in [0.3, 0.4) is 0 Å². The van der Waals surface area contributed by atoms with Crippen LogP contribution in [0.1, 0.15) is 48.5 Å². The fraction of sp³-hybridized carbons (Fsp3) is 0.533. The van der Waals surface area contributed by atoms with Crippen molar-refractivity contribution in [2.24, 2.45) is 5.92 Å². The quantitative estimate of drug-likeness (QED) is 0.794. The maximum absolute atomic E-state index is 12.8. The summed E-state index contributed by atoms with van der Waals surface area (Å²) in [7, 11) is -3.96. The molecule has 1 saturated carbocycles. The van der Waals surface area contributed by atoms with Gasteiger partial charge in [0.2, 0.25) is 10.0 Å². The van der Waals surface area contributed by atoms with Crippen molar-refractivity contribution in [3.8, 4) is 0 Å². The standard InChI is InChI=1S/C15H19F2NO4S/c1-9(2)12-4-3-10(14(19)20)7-13(12)23(21,22)18-6-5-11-8-15(11,16)17/h3-4,7,9,11,18H,5-6,8H2,1-2H3,(H,19,20). The van der Waals surface area contributed by atoms with E-state index in [2.05, 4.69) is 4.72 Å². The third kappa shape index (κ3) is 4.06. The van der Waals surface area contributed by atoms with Crippen molar-refractivity contribution in [2.45, 2.75) is 43.4 Å². The van der Waals surface area contributed by atoms with Crippen molar-refractivity contribution < 1.29 is 27.1 Å². The molecule has 0 saturated heterocycles. The summed E-state index contributed by atoms with van der Waals surface area (Å²) in [6.45, 7) is 3.48. The monoisotopic (exact) mass is 347 g/mol. The molecule has 0 amide bonds. The largest absolute Gasteiger partial charge is 0.478 e. The van der Waals surface area contributed by atoms with Crippen LogP contribution in [-0.2, 0) is 10.0 Å². The molecule has 1 unspecified atom stereocenters. The van der Waals surface area contributed by atoms with Gasteiger partial charge in [-0.2, -0.15) is 0 Å². The summed E-state index contributed by atoms with van der Waals surface area (Å²) in [5, 5.41) is 9.02. The number of carbonyl (C=O) groups is 1. The van der Waals surface area contributed by atoms with E-state index in [1.165, 1.54) is 12.1 Å². The number of benzene rings is 1. The fourth-order valence-corrected chi connectivity index (χ4v) is 3.84. The first-order chi connectivity index (χ1) is 10.5. The van der Waals surface area contributed by atoms with Gasteiger partial charge in [-0.15, -0.1) is 0 Å². The molecule has 0 bridgehead atoms. The van der Waals surface area contributed by atoms with E-state index in [4.69, 9.17) is 5.11 Å². The smallest absolute Gasteiger partial charge is 0.335 e. The first-order valence-electron chi connectivity index (χ1n) is 7.29. The topological polar surface area (TPSA) is 83.5 Å². The summed E-state index contributed by atoms with van der Waals surface area (Å²) in [4.78, 5) is 10.9. The summed E-state index contributed by atoms with van der Waals surface area (Å²) >= 11 is 0. The first kappa shape index (κ1) is 17.8. The van der Waals surface area contributed by atoms with Crippen LogP contribution in [0.2, 0.25) is 0 Å². The number of hydrogen-bond donors (Lipinski definition) is 2. The normalized spacial score (nSPS) is 19.8. The first-order valence-corrected chi connectivity index (χ1v) is 8.77. The van der Waals surface area contributed by atoms with Gasteiger partial charge in [0.05, 0.1) is 10.5 Å². The average molecular weight is 347 g/mol. The second kappa shape index (κ2) is 6.16. The van der Waals surface area contributed by atoms with Crippen LogP contribution in [0.4, 0.5) is 8.78 Å². The van der Waals surface area contributed by atoms with Crippen molar-refractivity contribution in [3.63, 3.8) is 0 Å². The molecule has 0 heterocycles. The van der Waals surface area contributed by atoms with E-state index in [0.717, 1.165) is 6.07 Å². The molecule has 0 aliphatic heterocycles. The molecule has 0 radical (unpaired) electrons. The summed E-state index contributed by atoms with van der Waals surface area (Å²) in [6, 6.07) is 3.92. The van der Waals surface area contributed by atoms with Gasteiger partial charge in [0.15, 0.2) is 0 Å². The molecule has 2 N–H and O–H groups in total. The molecule has 2 rings (SSSR count). The number of rotatable bonds is 7. The second-order valence-corrected chi connectivity index (χ2v) is 7.80. The molecule has 1 aliphatic carbocycles. The van der Waals surface area contributed by atoms with Crippen molar-refractivity contribution in [3.05, 3.63) is 29.3 Å². The van der Waals surface area contributed by atoms with Crippen molar-refractivity contribution in [1.82, 2.24) is 4.72 Å². The molecule has 1 fully saturated rings. The minimum absolute atomic E-state index is 0.0574. The van der Waals surface area contributed by atoms with Gasteiger partial charge in [0.25, 0.3) is 5.92 Å². The van der Waals surface area contributed by atoms with E-state index in [1.807, 2.05) is 0 Å². The zero-order chi connectivity index (χ0) is 17.4. The summed E-state index contributed by atoms with van der Waals surface area (Å²) in [5.41, 5.74) is 0.350. The van der Waals surface area contributed by atoms with Gasteiger partial charge in [0.1, 0.15) is 0 Å². The summed E-state index contributed by atoms with van der Waals surface area (Å²) < 4.78 is 52.7. The predicted molar refractivity (Wildman–Crippen MR) is 80.3 cm³/mol. The van der Waals surface area contributed by atoms with Crippen molar-refractivity contribution in [1.29, 1.82) is 0 Å². The molecular weight excluding hydrogens is 328 g/mol. The zero-order valence-electron chi connectivity index (χ0n) is 12.8. The lowest BCUT2D eigenvalue weighted by atomic mass is 10.0. The lowest BCUT2D eigenvalue weighted by Crippen LogP contribution is -2.27. The highest BCUT2D eigenvalue weighted by Crippen LogP contribution is 2.50. The molecule has 1 aromatic rings. The predicted octanol–water partition coefficient (Wildman–Crippen LogP) is 2.83. The van der Waals surface area contributed by atoms with E-state index in [1.54, 1.807) is 13.8 Å². The number of carboxylic acid groups (broad SMARTS) is 1. The Balaban J connectivity index is 2.19. The minimum Gasteiger partial charge on any atom is -0.478 e. The van der Waals surface area contributed by atoms with Crippen LogP contribution in [0.5, 0.6) is 0 Å². The van der Waals surface area contributed by atoms with Gasteiger partial charge < -0.3 is 5.11 Å². The lowest BCUT2D eigenvalue weighted by Gasteiger charge is -2.15. The van der Waals surface area contributed by atoms with Gasteiger partial charge in [0, 0.05) is 18.9 Å². The lowest BCUT2D eigenvalue weighted by molar-refractivity contribution is 0.0696. The molecular formula is C15H19F2NO4S. The van der Waals surface area contributed by atoms with Crippen molar-refractivity contribution >= 4 is 16.0 Å². The Morgan fingerprint density at radius 1 is 1.43 bits per heavy atom. The van der Waals surface area contributed by atoms with E-state index >= 15 is 0 Å². The number of hydrogen-bond acceptors (Lipinski definition) is 3. The summed E-state index contributed by atoms with van der Waals surface area (Å²) in [5.74, 6) is -4.82. The third-order valence-electron chi connectivity index (χ3n) is 3.91. The van der Waals surface area contributed by atoms with Crippen LogP contribution in [0.15, 0.2) is 23.1 Å². The summed E-state index contributed by atoms with van der Waals surface area (Å²) in [6.07, 6.45) is -0.150. The highest BCUT2D eigenvalue weighted by atomic mass is 32.2. The van der Waals surface area contributed by atoms with Crippen LogP contribution in [0, 0.1) is 5.92 Å². The Labute approximate surface area is 133 Å². The molecule has 1 atom stereocenters. The van der Waals surface area contributed by atoms with E-state index < -0.39 is 27.8 Å². The second-order valence-electron chi connectivity index (χ2n) is 6.06. The van der Waals surface area contributed by atoms with Crippen LogP contribution in [-0.4, -0.2) is 32.0 Å². The number of halogens is 2. The van der Waals surface area contributed by atoms with E-state index in [0.29, 0.717) is 5.56 Å². The zero-order valence-corrected chi connectivity index (χ0v) is 13.7. The molecule has 0 aromatic heterocycles. The maximum Gasteiger partial charge on any atom is 0.335 e. The Morgan fingerprint density at radius 2 is 2.04 bits per heavy atom. The van der Waals surface area contributed by atoms with Crippen molar-refractivity contribution in [2.75, 3.05) is 6.54 Å². The van der Waals surface area contributed by atoms with E-state index in [9.17, 15) is 22.0 Å². The van der Waals surface area contributed by atoms with Crippen LogP contribution < -0.4 is 4.72 Å². The number of sulfonamides is 1. The molecule has 1 aliphatic rings. The molecule has 128 valence electrons. The molecule has 0 spiro atoms. The molecule has 1 aromatic carbocycles. The number of aromatic carboxylic acids is 1. The average Bonchev–Trinajstić information content (AvgIpc) is 3.05. The Bertz CT molecular complexity index is 716. The number of alkyl halides is 2. The highest BCUT2D eigenvalue weighted by molar-refractivity contribution is 7.89. The maximum atomic E-state index is 12.8. The van der Waals surface area contributed by atoms with E-state index in [-0.39, 0.29) is 35.8 Å². The molecule has 23 heavy (non-hydrogen) atoms. The number of carboxylic acids is 1. The SMILES string of the molecule is CC(C)c1ccc(C(=O)O)cc1S(=O)(=O)NCCC1CC1(F)F.